The minimum atomic E-state index is -0.393. The number of hydrogen-bond donors (Lipinski definition) is 0. The van der Waals surface area contributed by atoms with Crippen LogP contribution in [-0.4, -0.2) is 42.1 Å². The average molecular weight is 357 g/mol. The van der Waals surface area contributed by atoms with Crippen LogP contribution in [0.25, 0.3) is 0 Å². The fourth-order valence-corrected chi connectivity index (χ4v) is 3.06. The Bertz CT molecular complexity index is 536. The van der Waals surface area contributed by atoms with Crippen molar-refractivity contribution in [3.63, 3.8) is 0 Å². The van der Waals surface area contributed by atoms with Gasteiger partial charge >= 0.3 is 0 Å². The fourth-order valence-electron chi connectivity index (χ4n) is 3.06. The molecule has 0 amide bonds. The summed E-state index contributed by atoms with van der Waals surface area (Å²) in [5.41, 5.74) is 1.07. The first kappa shape index (κ1) is 16.1. The number of rotatable bonds is 4. The number of benzene rings is 1. The average Bonchev–Trinajstić information content (AvgIpc) is 2.97. The second-order valence-corrected chi connectivity index (χ2v) is 5.32. The minimum Gasteiger partial charge on any atom is -1.00 e. The Balaban J connectivity index is 0.00000161. The van der Waals surface area contributed by atoms with E-state index in [1.807, 2.05) is 6.08 Å². The molecular weight excluding hydrogens is 340 g/mol. The molecule has 0 bridgehead atoms. The molecule has 2 aliphatic heterocycles. The zero-order chi connectivity index (χ0) is 14.2. The molecule has 2 aliphatic rings. The molecule has 3 atom stereocenters. The zero-order valence-electron chi connectivity index (χ0n) is 11.5. The predicted molar refractivity (Wildman–Crippen MR) is 71.7 cm³/mol. The Labute approximate surface area is 133 Å². The lowest BCUT2D eigenvalue weighted by Gasteiger charge is -2.29. The van der Waals surface area contributed by atoms with Crippen molar-refractivity contribution in [3.05, 3.63) is 52.6 Å². The number of nitrogens with zero attached hydrogens (tertiary/aromatic N) is 2. The van der Waals surface area contributed by atoms with Gasteiger partial charge in [-0.15, -0.1) is 0 Å². The molecule has 0 aliphatic carbocycles. The molecule has 3 rings (SSSR count). The molecule has 7 heteroatoms. The summed E-state index contributed by atoms with van der Waals surface area (Å²) in [6.45, 7) is 6.50. The van der Waals surface area contributed by atoms with Gasteiger partial charge in [0, 0.05) is 12.1 Å². The second-order valence-electron chi connectivity index (χ2n) is 5.32. The molecule has 0 aromatic heterocycles. The molecule has 21 heavy (non-hydrogen) atoms. The summed E-state index contributed by atoms with van der Waals surface area (Å²) in [5.74, 6) is 0. The summed E-state index contributed by atoms with van der Waals surface area (Å²) >= 11 is 0. The number of fused-ring (bicyclic) bond motifs is 1. The van der Waals surface area contributed by atoms with Crippen molar-refractivity contribution in [2.75, 3.05) is 26.6 Å². The van der Waals surface area contributed by atoms with Crippen molar-refractivity contribution in [2.24, 2.45) is 0 Å². The van der Waals surface area contributed by atoms with Crippen LogP contribution in [0.4, 0.5) is 5.69 Å². The van der Waals surface area contributed by atoms with Gasteiger partial charge < -0.3 is 26.5 Å². The fraction of sp³-hybridized carbons (Fsp3) is 0.429. The highest BCUT2D eigenvalue weighted by Gasteiger charge is 2.53. The highest BCUT2D eigenvalue weighted by molar-refractivity contribution is 5.34. The molecule has 1 aromatic rings. The summed E-state index contributed by atoms with van der Waals surface area (Å²) in [5, 5.41) is 10.7. The van der Waals surface area contributed by atoms with Crippen LogP contribution in [0.1, 0.15) is 11.7 Å². The third-order valence-electron chi connectivity index (χ3n) is 4.13. The van der Waals surface area contributed by atoms with E-state index >= 15 is 0 Å². The van der Waals surface area contributed by atoms with Crippen LogP contribution >= 0.6 is 0 Å². The maximum absolute atomic E-state index is 10.7. The van der Waals surface area contributed by atoms with Crippen molar-refractivity contribution in [1.29, 1.82) is 0 Å². The number of halogens is 1. The number of hydrogen-bond acceptors (Lipinski definition) is 4. The first-order valence-electron chi connectivity index (χ1n) is 6.57. The van der Waals surface area contributed by atoms with Crippen molar-refractivity contribution < 1.29 is 35.9 Å². The first-order valence-corrected chi connectivity index (χ1v) is 6.57. The molecule has 2 heterocycles. The van der Waals surface area contributed by atoms with Gasteiger partial charge in [0.25, 0.3) is 5.69 Å². The van der Waals surface area contributed by atoms with E-state index in [0.717, 1.165) is 16.6 Å². The van der Waals surface area contributed by atoms with Gasteiger partial charge in [-0.1, -0.05) is 6.58 Å². The zero-order valence-corrected chi connectivity index (χ0v) is 13.1. The first-order chi connectivity index (χ1) is 9.66. The van der Waals surface area contributed by atoms with E-state index in [1.54, 1.807) is 12.1 Å². The minimum absolute atomic E-state index is 0. The summed E-state index contributed by atoms with van der Waals surface area (Å²) in [4.78, 5) is 10.3. The molecule has 1 aromatic carbocycles. The van der Waals surface area contributed by atoms with Gasteiger partial charge in [-0.3, -0.25) is 14.6 Å². The molecule has 114 valence electrons. The summed E-state index contributed by atoms with van der Waals surface area (Å²) < 4.78 is 12.3. The van der Waals surface area contributed by atoms with E-state index in [4.69, 9.17) is 9.47 Å². The van der Waals surface area contributed by atoms with Crippen LogP contribution in [0, 0.1) is 10.1 Å². The SMILES string of the molecule is C=CC[N+]12COC[C@H]1[C@H](c1ccc([N+](=O)[O-])cc1)OC2.[Br-]. The van der Waals surface area contributed by atoms with E-state index in [-0.39, 0.29) is 34.8 Å². The second kappa shape index (κ2) is 6.23. The van der Waals surface area contributed by atoms with Gasteiger partial charge in [-0.2, -0.15) is 0 Å². The lowest BCUT2D eigenvalue weighted by atomic mass is 10.0. The molecule has 2 fully saturated rings. The monoisotopic (exact) mass is 356 g/mol. The molecule has 0 saturated carbocycles. The van der Waals surface area contributed by atoms with Crippen LogP contribution in [0.15, 0.2) is 36.9 Å². The Morgan fingerprint density at radius 3 is 2.71 bits per heavy atom. The van der Waals surface area contributed by atoms with Gasteiger partial charge in [0.15, 0.2) is 13.5 Å². The third kappa shape index (κ3) is 2.74. The number of ether oxygens (including phenoxy) is 2. The normalized spacial score (nSPS) is 30.5. The van der Waals surface area contributed by atoms with E-state index < -0.39 is 4.92 Å². The number of nitro groups is 1. The van der Waals surface area contributed by atoms with Crippen molar-refractivity contribution in [2.45, 2.75) is 12.1 Å². The van der Waals surface area contributed by atoms with Gasteiger partial charge in [0.2, 0.25) is 0 Å². The van der Waals surface area contributed by atoms with E-state index in [1.165, 1.54) is 12.1 Å². The summed E-state index contributed by atoms with van der Waals surface area (Å²) in [7, 11) is 0. The van der Waals surface area contributed by atoms with Gasteiger partial charge in [-0.05, 0) is 23.8 Å². The Morgan fingerprint density at radius 2 is 2.10 bits per heavy atom. The Kier molecular flexibility index (Phi) is 4.77. The number of non-ortho nitro benzene ring substituents is 1. The topological polar surface area (TPSA) is 61.6 Å². The van der Waals surface area contributed by atoms with Gasteiger partial charge in [0.1, 0.15) is 25.3 Å². The van der Waals surface area contributed by atoms with Crippen LogP contribution < -0.4 is 17.0 Å². The van der Waals surface area contributed by atoms with E-state index in [9.17, 15) is 10.1 Å². The summed E-state index contributed by atoms with van der Waals surface area (Å²) in [6, 6.07) is 6.82. The lowest BCUT2D eigenvalue weighted by Crippen LogP contribution is -3.00. The van der Waals surface area contributed by atoms with Crippen molar-refractivity contribution in [1.82, 2.24) is 0 Å². The van der Waals surface area contributed by atoms with Crippen LogP contribution in [0.2, 0.25) is 0 Å². The standard InChI is InChI=1S/C14H17N2O4.BrH/c1-2-7-16-9-19-8-13(16)14(20-10-16)11-3-5-12(6-4-11)15(17)18;/h2-6,13-14H,1,7-10H2;1H/q+1;/p-1/t13-,14-,16?;/m0./s1. The van der Waals surface area contributed by atoms with E-state index in [0.29, 0.717) is 20.1 Å². The maximum Gasteiger partial charge on any atom is 0.269 e. The largest absolute Gasteiger partial charge is 1.00 e. The van der Waals surface area contributed by atoms with Crippen LogP contribution in [0.5, 0.6) is 0 Å². The Morgan fingerprint density at radius 1 is 1.38 bits per heavy atom. The highest BCUT2D eigenvalue weighted by atomic mass is 79.9. The quantitative estimate of drug-likeness (QED) is 0.300. The molecule has 0 radical (unpaired) electrons. The number of nitro benzene ring substituents is 1. The van der Waals surface area contributed by atoms with Gasteiger partial charge in [0.05, 0.1) is 4.92 Å². The summed E-state index contributed by atoms with van der Waals surface area (Å²) in [6.07, 6.45) is 1.82. The number of quaternary nitrogens is 1. The third-order valence-corrected chi connectivity index (χ3v) is 4.13. The van der Waals surface area contributed by atoms with E-state index in [2.05, 4.69) is 6.58 Å². The van der Waals surface area contributed by atoms with Crippen LogP contribution in [-0.2, 0) is 9.47 Å². The molecule has 6 nitrogen and oxygen atoms in total. The molecule has 1 unspecified atom stereocenters. The molecule has 0 N–H and O–H groups in total. The highest BCUT2D eigenvalue weighted by Crippen LogP contribution is 2.40. The predicted octanol–water partition coefficient (Wildman–Crippen LogP) is -1.01. The van der Waals surface area contributed by atoms with Crippen LogP contribution in [0.3, 0.4) is 0 Å². The molecule has 0 spiro atoms. The maximum atomic E-state index is 10.7. The smallest absolute Gasteiger partial charge is 0.269 e. The van der Waals surface area contributed by atoms with Crippen molar-refractivity contribution >= 4 is 5.69 Å². The molecule has 2 saturated heterocycles. The molecular formula is C14H17BrN2O4. The Hall–Kier alpha value is -1.28. The lowest BCUT2D eigenvalue weighted by molar-refractivity contribution is -0.938. The van der Waals surface area contributed by atoms with Crippen molar-refractivity contribution in [3.8, 4) is 0 Å². The van der Waals surface area contributed by atoms with Gasteiger partial charge in [-0.25, -0.2) is 0 Å².